The molecule has 0 aliphatic carbocycles. The molecule has 3 rings (SSSR count). The number of ketones is 2. The first-order valence-electron chi connectivity index (χ1n) is 8.79. The summed E-state index contributed by atoms with van der Waals surface area (Å²) in [5.74, 6) is 0.178. The van der Waals surface area contributed by atoms with E-state index in [4.69, 9.17) is 0 Å². The first-order chi connectivity index (χ1) is 12.5. The highest BCUT2D eigenvalue weighted by Gasteiger charge is 2.06. The Morgan fingerprint density at radius 3 is 1.23 bits per heavy atom. The number of Topliss-reactive ketones (excluding diaryl/α,β-unsaturated/α-hetero) is 2. The van der Waals surface area contributed by atoms with Crippen LogP contribution in [0.25, 0.3) is 0 Å². The Kier molecular flexibility index (Phi) is 5.43. The van der Waals surface area contributed by atoms with E-state index in [0.29, 0.717) is 0 Å². The lowest BCUT2D eigenvalue weighted by atomic mass is 9.94. The van der Waals surface area contributed by atoms with Gasteiger partial charge in [0, 0.05) is 11.1 Å². The highest BCUT2D eigenvalue weighted by molar-refractivity contribution is 5.94. The predicted molar refractivity (Wildman–Crippen MR) is 105 cm³/mol. The Bertz CT molecular complexity index is 841. The average molecular weight is 342 g/mol. The maximum atomic E-state index is 11.4. The molecule has 2 nitrogen and oxygen atoms in total. The quantitative estimate of drug-likeness (QED) is 0.572. The smallest absolute Gasteiger partial charge is 0.159 e. The second-order valence-electron chi connectivity index (χ2n) is 6.63. The Morgan fingerprint density at radius 2 is 0.923 bits per heavy atom. The number of benzene rings is 3. The van der Waals surface area contributed by atoms with Crippen LogP contribution >= 0.6 is 0 Å². The van der Waals surface area contributed by atoms with E-state index in [1.807, 2.05) is 48.5 Å². The van der Waals surface area contributed by atoms with Gasteiger partial charge in [-0.3, -0.25) is 9.59 Å². The minimum Gasteiger partial charge on any atom is -0.295 e. The normalized spacial score (nSPS) is 10.5. The van der Waals surface area contributed by atoms with Gasteiger partial charge in [0.15, 0.2) is 11.6 Å². The van der Waals surface area contributed by atoms with Gasteiger partial charge in [-0.05, 0) is 48.9 Å². The van der Waals surface area contributed by atoms with Crippen LogP contribution in [0.3, 0.4) is 0 Å². The van der Waals surface area contributed by atoms with Crippen molar-refractivity contribution in [2.45, 2.75) is 26.7 Å². The van der Waals surface area contributed by atoms with Crippen molar-refractivity contribution < 1.29 is 9.59 Å². The van der Waals surface area contributed by atoms with Crippen LogP contribution in [-0.4, -0.2) is 11.6 Å². The van der Waals surface area contributed by atoms with Gasteiger partial charge >= 0.3 is 0 Å². The molecule has 0 aliphatic rings. The van der Waals surface area contributed by atoms with Gasteiger partial charge in [0.1, 0.15) is 0 Å². The Balaban J connectivity index is 1.79. The summed E-state index contributed by atoms with van der Waals surface area (Å²) in [7, 11) is 0. The number of carbonyl (C=O) groups is 2. The molecule has 0 spiro atoms. The minimum absolute atomic E-state index is 0.0888. The zero-order valence-corrected chi connectivity index (χ0v) is 15.2. The third-order valence-electron chi connectivity index (χ3n) is 4.63. The first kappa shape index (κ1) is 17.8. The molecular weight excluding hydrogens is 320 g/mol. The molecule has 3 aromatic carbocycles. The van der Waals surface area contributed by atoms with Gasteiger partial charge in [0.2, 0.25) is 0 Å². The molecule has 0 bridgehead atoms. The summed E-state index contributed by atoms with van der Waals surface area (Å²) in [6.45, 7) is 3.17. The van der Waals surface area contributed by atoms with Crippen LogP contribution in [0.4, 0.5) is 0 Å². The first-order valence-corrected chi connectivity index (χ1v) is 8.79. The number of hydrogen-bond donors (Lipinski definition) is 0. The van der Waals surface area contributed by atoms with Gasteiger partial charge in [0.05, 0.1) is 0 Å². The van der Waals surface area contributed by atoms with E-state index in [1.165, 1.54) is 22.3 Å². The molecule has 2 heteroatoms. The molecule has 3 aromatic rings. The molecule has 0 heterocycles. The molecule has 0 N–H and O–H groups in total. The van der Waals surface area contributed by atoms with Gasteiger partial charge in [-0.15, -0.1) is 0 Å². The summed E-state index contributed by atoms with van der Waals surface area (Å²) in [5.41, 5.74) is 6.42. The van der Waals surface area contributed by atoms with E-state index in [2.05, 4.69) is 24.3 Å². The number of carbonyl (C=O) groups excluding carboxylic acids is 2. The van der Waals surface area contributed by atoms with Crippen LogP contribution in [0.5, 0.6) is 0 Å². The van der Waals surface area contributed by atoms with Crippen LogP contribution < -0.4 is 0 Å². The summed E-state index contributed by atoms with van der Waals surface area (Å²) in [4.78, 5) is 22.8. The van der Waals surface area contributed by atoms with Crippen molar-refractivity contribution in [3.05, 3.63) is 106 Å². The van der Waals surface area contributed by atoms with E-state index >= 15 is 0 Å². The Morgan fingerprint density at radius 1 is 0.577 bits per heavy atom. The largest absolute Gasteiger partial charge is 0.295 e. The van der Waals surface area contributed by atoms with E-state index in [9.17, 15) is 9.59 Å². The zero-order chi connectivity index (χ0) is 18.5. The molecule has 26 heavy (non-hydrogen) atoms. The van der Waals surface area contributed by atoms with Crippen molar-refractivity contribution in [1.29, 1.82) is 0 Å². The van der Waals surface area contributed by atoms with Crippen LogP contribution in [-0.2, 0) is 12.8 Å². The molecule has 130 valence electrons. The van der Waals surface area contributed by atoms with Crippen molar-refractivity contribution in [3.63, 3.8) is 0 Å². The van der Waals surface area contributed by atoms with Crippen molar-refractivity contribution >= 4 is 11.6 Å². The molecule has 0 saturated carbocycles. The summed E-state index contributed by atoms with van der Waals surface area (Å²) >= 11 is 0. The lowest BCUT2D eigenvalue weighted by Crippen LogP contribution is -1.99. The Hall–Kier alpha value is -3.00. The van der Waals surface area contributed by atoms with E-state index in [-0.39, 0.29) is 11.6 Å². The molecule has 0 radical (unpaired) electrons. The fourth-order valence-electron chi connectivity index (χ4n) is 3.06. The van der Waals surface area contributed by atoms with Crippen molar-refractivity contribution in [2.75, 3.05) is 0 Å². The highest BCUT2D eigenvalue weighted by Crippen LogP contribution is 2.19. The minimum atomic E-state index is 0.0888. The number of hydrogen-bond acceptors (Lipinski definition) is 2. The van der Waals surface area contributed by atoms with Gasteiger partial charge in [0.25, 0.3) is 0 Å². The van der Waals surface area contributed by atoms with Gasteiger partial charge in [-0.1, -0.05) is 72.8 Å². The van der Waals surface area contributed by atoms with E-state index in [1.54, 1.807) is 13.8 Å². The molecule has 0 atom stereocenters. The standard InChI is InChI=1S/C24H22O2/c1-17(25)21-11-7-19(8-12-21)15-23-5-3-4-6-24(23)16-20-9-13-22(14-10-20)18(2)26/h3-14H,15-16H2,1-2H3. The lowest BCUT2D eigenvalue weighted by Gasteiger charge is -2.11. The van der Waals surface area contributed by atoms with Crippen molar-refractivity contribution in [2.24, 2.45) is 0 Å². The van der Waals surface area contributed by atoms with E-state index < -0.39 is 0 Å². The fraction of sp³-hybridized carbons (Fsp3) is 0.167. The molecule has 0 amide bonds. The topological polar surface area (TPSA) is 34.1 Å². The third kappa shape index (κ3) is 4.34. The Labute approximate surface area is 154 Å². The van der Waals surface area contributed by atoms with Crippen LogP contribution in [0.2, 0.25) is 0 Å². The molecule has 0 fully saturated rings. The van der Waals surface area contributed by atoms with Crippen LogP contribution in [0, 0.1) is 0 Å². The van der Waals surface area contributed by atoms with Gasteiger partial charge < -0.3 is 0 Å². The maximum absolute atomic E-state index is 11.4. The lowest BCUT2D eigenvalue weighted by molar-refractivity contribution is 0.100. The second kappa shape index (κ2) is 7.92. The van der Waals surface area contributed by atoms with Crippen molar-refractivity contribution in [3.8, 4) is 0 Å². The number of rotatable bonds is 6. The summed E-state index contributed by atoms with van der Waals surface area (Å²) in [5, 5.41) is 0. The summed E-state index contributed by atoms with van der Waals surface area (Å²) < 4.78 is 0. The van der Waals surface area contributed by atoms with Gasteiger partial charge in [-0.25, -0.2) is 0 Å². The average Bonchev–Trinajstić information content (AvgIpc) is 2.64. The zero-order valence-electron chi connectivity index (χ0n) is 15.2. The monoisotopic (exact) mass is 342 g/mol. The highest BCUT2D eigenvalue weighted by atomic mass is 16.1. The molecular formula is C24H22O2. The summed E-state index contributed by atoms with van der Waals surface area (Å²) in [6, 6.07) is 24.1. The van der Waals surface area contributed by atoms with Gasteiger partial charge in [-0.2, -0.15) is 0 Å². The van der Waals surface area contributed by atoms with Crippen LogP contribution in [0.1, 0.15) is 56.8 Å². The molecule has 0 unspecified atom stereocenters. The second-order valence-corrected chi connectivity index (χ2v) is 6.63. The maximum Gasteiger partial charge on any atom is 0.159 e. The molecule has 0 saturated heterocycles. The summed E-state index contributed by atoms with van der Waals surface area (Å²) in [6.07, 6.45) is 1.67. The molecule has 0 aliphatic heterocycles. The predicted octanol–water partition coefficient (Wildman–Crippen LogP) is 5.27. The molecule has 0 aromatic heterocycles. The SMILES string of the molecule is CC(=O)c1ccc(Cc2ccccc2Cc2ccc(C(C)=O)cc2)cc1. The third-order valence-corrected chi connectivity index (χ3v) is 4.63. The van der Waals surface area contributed by atoms with Crippen LogP contribution in [0.15, 0.2) is 72.8 Å². The fourth-order valence-corrected chi connectivity index (χ4v) is 3.06. The van der Waals surface area contributed by atoms with E-state index in [0.717, 1.165) is 24.0 Å². The van der Waals surface area contributed by atoms with Crippen molar-refractivity contribution in [1.82, 2.24) is 0 Å².